The summed E-state index contributed by atoms with van der Waals surface area (Å²) in [5, 5.41) is 20.1. The molecule has 0 spiro atoms. The Kier molecular flexibility index (Phi) is 41.8. The zero-order chi connectivity index (χ0) is 29.8. The minimum absolute atomic E-state index is 0. The summed E-state index contributed by atoms with van der Waals surface area (Å²) in [5.41, 5.74) is 0. The predicted octanol–water partition coefficient (Wildman–Crippen LogP) is 7.82. The molecular formula is C36H54MgO4. The Hall–Kier alpha value is -2.37. The van der Waals surface area contributed by atoms with E-state index in [1.54, 1.807) is 24.3 Å². The number of hydrogen-bond donors (Lipinski definition) is 0. The van der Waals surface area contributed by atoms with Crippen molar-refractivity contribution in [1.82, 2.24) is 0 Å². The van der Waals surface area contributed by atoms with Gasteiger partial charge in [-0.25, -0.2) is 0 Å². The third kappa shape index (κ3) is 47.7. The van der Waals surface area contributed by atoms with Crippen LogP contribution < -0.4 is 10.2 Å². The molecule has 0 aromatic rings. The molecule has 0 aliphatic carbocycles. The Morgan fingerprint density at radius 1 is 0.415 bits per heavy atom. The number of carbonyl (C=O) groups is 2. The van der Waals surface area contributed by atoms with Gasteiger partial charge in [0.05, 0.1) is 11.9 Å². The average Bonchev–Trinajstić information content (AvgIpc) is 2.93. The first-order valence-corrected chi connectivity index (χ1v) is 15.3. The topological polar surface area (TPSA) is 80.3 Å². The molecule has 0 atom stereocenters. The van der Waals surface area contributed by atoms with Gasteiger partial charge in [-0.2, -0.15) is 0 Å². The van der Waals surface area contributed by atoms with Crippen LogP contribution in [-0.4, -0.2) is 35.0 Å². The molecule has 0 unspecified atom stereocenters. The Bertz CT molecular complexity index is 745. The molecular weight excluding hydrogens is 521 g/mol. The van der Waals surface area contributed by atoms with Crippen molar-refractivity contribution in [2.75, 3.05) is 0 Å². The van der Waals surface area contributed by atoms with Gasteiger partial charge in [-0.05, 0) is 37.8 Å². The molecule has 0 heterocycles. The van der Waals surface area contributed by atoms with Crippen LogP contribution >= 0.6 is 0 Å². The fourth-order valence-electron chi connectivity index (χ4n) is 3.57. The van der Waals surface area contributed by atoms with E-state index in [-0.39, 0.29) is 23.1 Å². The molecule has 0 radical (unpaired) electrons. The number of allylic oxidation sites excluding steroid dienone is 14. The smallest absolute Gasteiger partial charge is 0.545 e. The predicted molar refractivity (Wildman–Crippen MR) is 174 cm³/mol. The first-order valence-electron chi connectivity index (χ1n) is 15.3. The van der Waals surface area contributed by atoms with Gasteiger partial charge in [0.1, 0.15) is 0 Å². The molecule has 0 aliphatic heterocycles. The van der Waals surface area contributed by atoms with Gasteiger partial charge in [-0.15, -0.1) is 0 Å². The summed E-state index contributed by atoms with van der Waals surface area (Å²) < 4.78 is 0. The number of aliphatic carboxylic acids is 2. The third-order valence-corrected chi connectivity index (χ3v) is 5.80. The van der Waals surface area contributed by atoms with Crippen LogP contribution in [0.5, 0.6) is 0 Å². The third-order valence-electron chi connectivity index (χ3n) is 5.80. The van der Waals surface area contributed by atoms with Gasteiger partial charge in [-0.3, -0.25) is 0 Å². The van der Waals surface area contributed by atoms with Crippen molar-refractivity contribution in [2.24, 2.45) is 0 Å². The van der Waals surface area contributed by atoms with Crippen LogP contribution in [0, 0.1) is 0 Å². The standard InChI is InChI=1S/2C18H28O2.Mg/c2*1-2-3-4-5-6-7-8-9-10-11-12-13-14-15-16-17-18(19)20;/h2*10-17H,2-9H2,1H3,(H,19,20);/q;;+2/p-2. The largest absolute Gasteiger partial charge is 2.00 e. The van der Waals surface area contributed by atoms with Gasteiger partial charge < -0.3 is 19.8 Å². The minimum atomic E-state index is -1.17. The summed E-state index contributed by atoms with van der Waals surface area (Å²) >= 11 is 0. The molecule has 0 bridgehead atoms. The molecule has 0 saturated heterocycles. The number of carboxylic acids is 2. The summed E-state index contributed by atoms with van der Waals surface area (Å²) in [6, 6.07) is 0. The van der Waals surface area contributed by atoms with E-state index in [4.69, 9.17) is 0 Å². The Morgan fingerprint density at radius 2 is 0.683 bits per heavy atom. The van der Waals surface area contributed by atoms with E-state index < -0.39 is 11.9 Å². The molecule has 0 N–H and O–H groups in total. The van der Waals surface area contributed by atoms with Crippen molar-refractivity contribution in [1.29, 1.82) is 0 Å². The number of unbranched alkanes of at least 4 members (excludes halogenated alkanes) is 14. The maximum atomic E-state index is 10.1. The first-order chi connectivity index (χ1) is 19.5. The van der Waals surface area contributed by atoms with E-state index in [1.165, 1.54) is 102 Å². The molecule has 0 amide bonds. The number of carbonyl (C=O) groups excluding carboxylic acids is 2. The quantitative estimate of drug-likeness (QED) is 0.0509. The van der Waals surface area contributed by atoms with Gasteiger partial charge in [0.15, 0.2) is 0 Å². The zero-order valence-corrected chi connectivity index (χ0v) is 27.3. The molecule has 4 nitrogen and oxygen atoms in total. The van der Waals surface area contributed by atoms with Crippen LogP contribution in [0.2, 0.25) is 0 Å². The molecule has 0 aliphatic rings. The maximum Gasteiger partial charge on any atom is 2.00 e. The van der Waals surface area contributed by atoms with Gasteiger partial charge in [0.25, 0.3) is 0 Å². The van der Waals surface area contributed by atoms with Crippen molar-refractivity contribution < 1.29 is 19.8 Å². The summed E-state index contributed by atoms with van der Waals surface area (Å²) in [4.78, 5) is 20.1. The van der Waals surface area contributed by atoms with Crippen LogP contribution in [0.25, 0.3) is 0 Å². The van der Waals surface area contributed by atoms with E-state index in [9.17, 15) is 19.8 Å². The SMILES string of the molecule is CCCCCCCCCC=CC=CC=CC=CC(=O)[O-].CCCCCCCCCC=CC=CC=CC=CC(=O)[O-].[Mg+2]. The van der Waals surface area contributed by atoms with E-state index in [0.717, 1.165) is 25.0 Å². The van der Waals surface area contributed by atoms with Crippen LogP contribution in [-0.2, 0) is 9.59 Å². The van der Waals surface area contributed by atoms with Crippen molar-refractivity contribution in [3.05, 3.63) is 97.2 Å². The molecule has 0 fully saturated rings. The van der Waals surface area contributed by atoms with E-state index in [0.29, 0.717) is 0 Å². The van der Waals surface area contributed by atoms with Crippen molar-refractivity contribution in [2.45, 2.75) is 117 Å². The Morgan fingerprint density at radius 3 is 1.00 bits per heavy atom. The summed E-state index contributed by atoms with van der Waals surface area (Å²) in [6.07, 6.45) is 48.9. The number of hydrogen-bond acceptors (Lipinski definition) is 4. The van der Waals surface area contributed by atoms with Crippen LogP contribution in [0.4, 0.5) is 0 Å². The van der Waals surface area contributed by atoms with Crippen molar-refractivity contribution >= 4 is 35.0 Å². The summed E-state index contributed by atoms with van der Waals surface area (Å²) in [7, 11) is 0. The zero-order valence-electron chi connectivity index (χ0n) is 25.9. The number of rotatable bonds is 24. The second-order valence-electron chi connectivity index (χ2n) is 9.57. The Labute approximate surface area is 267 Å². The van der Waals surface area contributed by atoms with Gasteiger partial charge in [-0.1, -0.05) is 176 Å². The summed E-state index contributed by atoms with van der Waals surface area (Å²) in [6.45, 7) is 4.49. The minimum Gasteiger partial charge on any atom is -0.545 e. The van der Waals surface area contributed by atoms with E-state index >= 15 is 0 Å². The second kappa shape index (κ2) is 39.8. The van der Waals surface area contributed by atoms with E-state index in [1.807, 2.05) is 36.5 Å². The first kappa shape index (κ1) is 43.1. The molecule has 41 heavy (non-hydrogen) atoms. The molecule has 224 valence electrons. The number of carboxylic acid groups (broad SMARTS) is 2. The fourth-order valence-corrected chi connectivity index (χ4v) is 3.57. The summed E-state index contributed by atoms with van der Waals surface area (Å²) in [5.74, 6) is -2.35. The van der Waals surface area contributed by atoms with Crippen molar-refractivity contribution in [3.8, 4) is 0 Å². The van der Waals surface area contributed by atoms with Crippen LogP contribution in [0.1, 0.15) is 117 Å². The fraction of sp³-hybridized carbons (Fsp3) is 0.500. The van der Waals surface area contributed by atoms with Crippen LogP contribution in [0.3, 0.4) is 0 Å². The maximum absolute atomic E-state index is 10.1. The Balaban J connectivity index is -0.000000688. The van der Waals surface area contributed by atoms with Crippen LogP contribution in [0.15, 0.2) is 97.2 Å². The second-order valence-corrected chi connectivity index (χ2v) is 9.57. The average molecular weight is 575 g/mol. The molecule has 0 aromatic carbocycles. The van der Waals surface area contributed by atoms with Gasteiger partial charge in [0.2, 0.25) is 0 Å². The molecule has 0 aromatic heterocycles. The molecule has 0 saturated carbocycles. The van der Waals surface area contributed by atoms with Gasteiger partial charge >= 0.3 is 23.1 Å². The van der Waals surface area contributed by atoms with Gasteiger partial charge in [0, 0.05) is 0 Å². The molecule has 0 rings (SSSR count). The van der Waals surface area contributed by atoms with Crippen molar-refractivity contribution in [3.63, 3.8) is 0 Å². The molecule has 5 heteroatoms. The van der Waals surface area contributed by atoms with E-state index in [2.05, 4.69) is 26.0 Å². The monoisotopic (exact) mass is 574 g/mol. The normalized spacial score (nSPS) is 12.1.